The van der Waals surface area contributed by atoms with Gasteiger partial charge >= 0.3 is 5.97 Å². The highest BCUT2D eigenvalue weighted by molar-refractivity contribution is 9.10. The van der Waals surface area contributed by atoms with E-state index in [4.69, 9.17) is 0 Å². The van der Waals surface area contributed by atoms with Crippen LogP contribution in [-0.2, 0) is 4.79 Å². The molecule has 0 radical (unpaired) electrons. The minimum absolute atomic E-state index is 0.418. The first-order valence-corrected chi connectivity index (χ1v) is 6.54. The molecule has 0 spiro atoms. The summed E-state index contributed by atoms with van der Waals surface area (Å²) in [5.74, 6) is -0.934. The second-order valence-corrected chi connectivity index (χ2v) is 4.86. The molecule has 2 aromatic rings. The van der Waals surface area contributed by atoms with E-state index in [2.05, 4.69) is 32.8 Å². The van der Waals surface area contributed by atoms with Crippen molar-refractivity contribution in [1.29, 1.82) is 0 Å². The van der Waals surface area contributed by atoms with Gasteiger partial charge in [0.05, 0.1) is 5.52 Å². The molecule has 5 heteroatoms. The molecule has 0 amide bonds. The lowest BCUT2D eigenvalue weighted by Crippen LogP contribution is -2.28. The molecule has 4 nitrogen and oxygen atoms in total. The Balaban J connectivity index is 2.56. The van der Waals surface area contributed by atoms with Gasteiger partial charge in [-0.2, -0.15) is 0 Å². The van der Waals surface area contributed by atoms with Crippen molar-refractivity contribution >= 4 is 32.8 Å². The van der Waals surface area contributed by atoms with Gasteiger partial charge in [-0.1, -0.05) is 34.1 Å². The van der Waals surface area contributed by atoms with Crippen molar-refractivity contribution in [2.45, 2.75) is 6.04 Å². The maximum absolute atomic E-state index is 11.4. The summed E-state index contributed by atoms with van der Waals surface area (Å²) < 4.78 is 0.896. The van der Waals surface area contributed by atoms with Crippen LogP contribution in [0.2, 0.25) is 0 Å². The van der Waals surface area contributed by atoms with Crippen molar-refractivity contribution in [3.8, 4) is 0 Å². The fourth-order valence-corrected chi connectivity index (χ4v) is 2.38. The third kappa shape index (κ3) is 2.83. The number of benzene rings is 1. The second-order valence-electron chi connectivity index (χ2n) is 4.00. The molecule has 0 saturated carbocycles. The lowest BCUT2D eigenvalue weighted by molar-refractivity contribution is -0.139. The zero-order valence-corrected chi connectivity index (χ0v) is 11.7. The van der Waals surface area contributed by atoms with E-state index in [9.17, 15) is 9.90 Å². The number of nitrogens with zero attached hydrogens (tertiary/aromatic N) is 1. The number of halogens is 1. The predicted molar refractivity (Wildman–Crippen MR) is 78.0 cm³/mol. The second kappa shape index (κ2) is 5.95. The highest BCUT2D eigenvalue weighted by atomic mass is 79.9. The molecule has 1 aromatic carbocycles. The number of hydrogen-bond donors (Lipinski definition) is 2. The van der Waals surface area contributed by atoms with Crippen LogP contribution in [0.5, 0.6) is 0 Å². The molecule has 2 N–H and O–H groups in total. The molecule has 0 saturated heterocycles. The molecular weight excluding hydrogens is 308 g/mol. The molecule has 1 unspecified atom stereocenters. The van der Waals surface area contributed by atoms with E-state index in [-0.39, 0.29) is 0 Å². The molecule has 1 aromatic heterocycles. The first-order chi connectivity index (χ1) is 9.15. The van der Waals surface area contributed by atoms with Crippen LogP contribution in [0.15, 0.2) is 47.6 Å². The third-order valence-electron chi connectivity index (χ3n) is 2.77. The topological polar surface area (TPSA) is 62.2 Å². The van der Waals surface area contributed by atoms with Gasteiger partial charge < -0.3 is 5.11 Å². The average Bonchev–Trinajstić information content (AvgIpc) is 2.41. The van der Waals surface area contributed by atoms with Crippen LogP contribution in [0.25, 0.3) is 10.9 Å². The SMILES string of the molecule is C=CCNC(C(=O)O)c1ccc(Br)c2cccnc12. The van der Waals surface area contributed by atoms with Crippen LogP contribution < -0.4 is 5.32 Å². The maximum atomic E-state index is 11.4. The van der Waals surface area contributed by atoms with Gasteiger partial charge in [-0.05, 0) is 12.1 Å². The summed E-state index contributed by atoms with van der Waals surface area (Å²) in [7, 11) is 0. The summed E-state index contributed by atoms with van der Waals surface area (Å²) in [6.07, 6.45) is 3.29. The molecular formula is C14H13BrN2O2. The van der Waals surface area contributed by atoms with Crippen LogP contribution >= 0.6 is 15.9 Å². The highest BCUT2D eigenvalue weighted by Crippen LogP contribution is 2.28. The normalized spacial score (nSPS) is 12.3. The van der Waals surface area contributed by atoms with E-state index in [0.29, 0.717) is 17.6 Å². The van der Waals surface area contributed by atoms with Gasteiger partial charge in [0.1, 0.15) is 6.04 Å². The van der Waals surface area contributed by atoms with Gasteiger partial charge in [0.2, 0.25) is 0 Å². The number of fused-ring (bicyclic) bond motifs is 1. The minimum Gasteiger partial charge on any atom is -0.480 e. The number of carboxylic acid groups (broad SMARTS) is 1. The molecule has 0 aliphatic heterocycles. The van der Waals surface area contributed by atoms with E-state index in [1.54, 1.807) is 18.3 Å². The monoisotopic (exact) mass is 320 g/mol. The number of carbonyl (C=O) groups is 1. The van der Waals surface area contributed by atoms with E-state index in [1.807, 2.05) is 18.2 Å². The number of nitrogens with one attached hydrogen (secondary N) is 1. The Bertz CT molecular complexity index is 628. The molecule has 1 heterocycles. The van der Waals surface area contributed by atoms with Crippen LogP contribution in [0.3, 0.4) is 0 Å². The van der Waals surface area contributed by atoms with Gasteiger partial charge in [-0.25, -0.2) is 0 Å². The largest absolute Gasteiger partial charge is 0.480 e. The third-order valence-corrected chi connectivity index (χ3v) is 3.46. The van der Waals surface area contributed by atoms with Gasteiger partial charge in [0, 0.05) is 28.2 Å². The van der Waals surface area contributed by atoms with Crippen molar-refractivity contribution in [2.75, 3.05) is 6.54 Å². The first-order valence-electron chi connectivity index (χ1n) is 5.75. The van der Waals surface area contributed by atoms with Crippen LogP contribution in [0, 0.1) is 0 Å². The summed E-state index contributed by atoms with van der Waals surface area (Å²) in [4.78, 5) is 15.7. The number of aromatic nitrogens is 1. The minimum atomic E-state index is -0.934. The van der Waals surface area contributed by atoms with Crippen LogP contribution in [0.4, 0.5) is 0 Å². The first kappa shape index (κ1) is 13.7. The van der Waals surface area contributed by atoms with E-state index >= 15 is 0 Å². The number of pyridine rings is 1. The quantitative estimate of drug-likeness (QED) is 0.831. The zero-order valence-electron chi connectivity index (χ0n) is 10.1. The van der Waals surface area contributed by atoms with E-state index < -0.39 is 12.0 Å². The van der Waals surface area contributed by atoms with Crippen molar-refractivity contribution in [3.63, 3.8) is 0 Å². The molecule has 19 heavy (non-hydrogen) atoms. The number of hydrogen-bond acceptors (Lipinski definition) is 3. The molecule has 0 aliphatic carbocycles. The Kier molecular flexibility index (Phi) is 4.29. The van der Waals surface area contributed by atoms with Gasteiger partial charge in [-0.3, -0.25) is 15.1 Å². The molecule has 2 rings (SSSR count). The standard InChI is InChI=1S/C14H13BrN2O2/c1-2-7-16-13(14(18)19)10-5-6-11(15)9-4-3-8-17-12(9)10/h2-6,8,13,16H,1,7H2,(H,18,19). The Morgan fingerprint density at radius 3 is 3.00 bits per heavy atom. The summed E-state index contributed by atoms with van der Waals surface area (Å²) in [5.41, 5.74) is 1.33. The van der Waals surface area contributed by atoms with Crippen molar-refractivity contribution in [2.24, 2.45) is 0 Å². The lowest BCUT2D eigenvalue weighted by atomic mass is 10.0. The molecule has 98 valence electrons. The van der Waals surface area contributed by atoms with Crippen LogP contribution in [-0.4, -0.2) is 22.6 Å². The Hall–Kier alpha value is -1.72. The Morgan fingerprint density at radius 1 is 1.53 bits per heavy atom. The number of aliphatic carboxylic acids is 1. The number of carboxylic acids is 1. The van der Waals surface area contributed by atoms with Gasteiger partial charge in [0.15, 0.2) is 0 Å². The lowest BCUT2D eigenvalue weighted by Gasteiger charge is -2.16. The van der Waals surface area contributed by atoms with Crippen molar-refractivity contribution < 1.29 is 9.90 Å². The summed E-state index contributed by atoms with van der Waals surface area (Å²) in [6.45, 7) is 4.00. The smallest absolute Gasteiger partial charge is 0.325 e. The summed E-state index contributed by atoms with van der Waals surface area (Å²) >= 11 is 3.45. The van der Waals surface area contributed by atoms with Crippen LogP contribution in [0.1, 0.15) is 11.6 Å². The average molecular weight is 321 g/mol. The molecule has 1 atom stereocenters. The maximum Gasteiger partial charge on any atom is 0.325 e. The van der Waals surface area contributed by atoms with Crippen molar-refractivity contribution in [1.82, 2.24) is 10.3 Å². The van der Waals surface area contributed by atoms with Gasteiger partial charge in [0.25, 0.3) is 0 Å². The fourth-order valence-electron chi connectivity index (χ4n) is 1.92. The Morgan fingerprint density at radius 2 is 2.32 bits per heavy atom. The highest BCUT2D eigenvalue weighted by Gasteiger charge is 2.22. The molecule has 0 bridgehead atoms. The van der Waals surface area contributed by atoms with Gasteiger partial charge in [-0.15, -0.1) is 6.58 Å². The zero-order chi connectivity index (χ0) is 13.8. The van der Waals surface area contributed by atoms with E-state index in [0.717, 1.165) is 9.86 Å². The predicted octanol–water partition coefficient (Wildman–Crippen LogP) is 2.90. The Labute approximate surface area is 119 Å². The summed E-state index contributed by atoms with van der Waals surface area (Å²) in [5, 5.41) is 13.2. The van der Waals surface area contributed by atoms with E-state index in [1.165, 1.54) is 0 Å². The fraction of sp³-hybridized carbons (Fsp3) is 0.143. The molecule has 0 fully saturated rings. The number of rotatable bonds is 5. The summed E-state index contributed by atoms with van der Waals surface area (Å²) in [6, 6.07) is 6.54. The van der Waals surface area contributed by atoms with Crippen molar-refractivity contribution in [3.05, 3.63) is 53.2 Å². The molecule has 0 aliphatic rings.